The lowest BCUT2D eigenvalue weighted by Crippen LogP contribution is -2.13. The molecule has 0 unspecified atom stereocenters. The topological polar surface area (TPSA) is 83.4 Å². The highest BCUT2D eigenvalue weighted by atomic mass is 32.1. The molecule has 0 fully saturated rings. The van der Waals surface area contributed by atoms with Gasteiger partial charge in [-0.05, 0) is 42.3 Å². The third-order valence-electron chi connectivity index (χ3n) is 3.13. The highest BCUT2D eigenvalue weighted by molar-refractivity contribution is 7.19. The van der Waals surface area contributed by atoms with Crippen LogP contribution >= 0.6 is 11.3 Å². The van der Waals surface area contributed by atoms with Crippen molar-refractivity contribution >= 4 is 33.1 Å². The standard InChI is InChI=1S/C15H18N4O2S/c1-3-4-7-16-11-5-6-12(10(2)8-11)14(20)18-15-17-9-13(19-21)22-15/h5-6,8-9,16H,3-4,7H2,1-2H3,(H,17,18,20). The van der Waals surface area contributed by atoms with Gasteiger partial charge in [-0.25, -0.2) is 4.98 Å². The molecule has 0 bridgehead atoms. The van der Waals surface area contributed by atoms with Gasteiger partial charge in [0.15, 0.2) is 10.1 Å². The Morgan fingerprint density at radius 1 is 1.41 bits per heavy atom. The maximum atomic E-state index is 12.2. The maximum absolute atomic E-state index is 12.2. The van der Waals surface area contributed by atoms with Crippen LogP contribution in [0.1, 0.15) is 35.7 Å². The fourth-order valence-corrected chi connectivity index (χ4v) is 2.56. The van der Waals surface area contributed by atoms with Crippen molar-refractivity contribution in [2.45, 2.75) is 26.7 Å². The summed E-state index contributed by atoms with van der Waals surface area (Å²) in [5.41, 5.74) is 2.46. The van der Waals surface area contributed by atoms with Crippen LogP contribution in [0, 0.1) is 11.8 Å². The van der Waals surface area contributed by atoms with E-state index >= 15 is 0 Å². The minimum absolute atomic E-state index is 0.238. The first-order valence-corrected chi connectivity index (χ1v) is 7.90. The first kappa shape index (κ1) is 16.1. The number of hydrogen-bond donors (Lipinski definition) is 2. The van der Waals surface area contributed by atoms with E-state index in [-0.39, 0.29) is 10.9 Å². The SMILES string of the molecule is CCCCNc1ccc(C(=O)Nc2ncc(N=O)s2)c(C)c1. The second-order valence-electron chi connectivity index (χ2n) is 4.86. The van der Waals surface area contributed by atoms with Gasteiger partial charge in [-0.2, -0.15) is 0 Å². The van der Waals surface area contributed by atoms with E-state index in [2.05, 4.69) is 27.7 Å². The van der Waals surface area contributed by atoms with E-state index in [1.165, 1.54) is 6.20 Å². The van der Waals surface area contributed by atoms with Gasteiger partial charge in [0.2, 0.25) is 0 Å². The highest BCUT2D eigenvalue weighted by Crippen LogP contribution is 2.26. The summed E-state index contributed by atoms with van der Waals surface area (Å²) in [6, 6.07) is 5.62. The van der Waals surface area contributed by atoms with Crippen molar-refractivity contribution in [1.29, 1.82) is 0 Å². The molecule has 0 aliphatic heterocycles. The lowest BCUT2D eigenvalue weighted by atomic mass is 10.1. The van der Waals surface area contributed by atoms with Crippen molar-refractivity contribution in [3.63, 3.8) is 0 Å². The smallest absolute Gasteiger partial charge is 0.257 e. The number of anilines is 2. The Hall–Kier alpha value is -2.28. The summed E-state index contributed by atoms with van der Waals surface area (Å²) in [6.45, 7) is 4.95. The van der Waals surface area contributed by atoms with Crippen molar-refractivity contribution in [3.8, 4) is 0 Å². The van der Waals surface area contributed by atoms with Crippen molar-refractivity contribution in [3.05, 3.63) is 40.4 Å². The molecule has 2 N–H and O–H groups in total. The van der Waals surface area contributed by atoms with Gasteiger partial charge in [-0.1, -0.05) is 24.7 Å². The molecule has 1 amide bonds. The van der Waals surface area contributed by atoms with E-state index in [0.29, 0.717) is 10.7 Å². The molecule has 1 aromatic heterocycles. The fraction of sp³-hybridized carbons (Fsp3) is 0.333. The van der Waals surface area contributed by atoms with Crippen LogP contribution in [-0.2, 0) is 0 Å². The third-order valence-corrected chi connectivity index (χ3v) is 3.92. The van der Waals surface area contributed by atoms with Gasteiger partial charge >= 0.3 is 0 Å². The lowest BCUT2D eigenvalue weighted by Gasteiger charge is -2.10. The Balaban J connectivity index is 2.04. The molecule has 2 aromatic rings. The molecular formula is C15H18N4O2S. The number of carbonyl (C=O) groups excluding carboxylic acids is 1. The number of rotatable bonds is 7. The summed E-state index contributed by atoms with van der Waals surface area (Å²) in [6.07, 6.45) is 3.58. The van der Waals surface area contributed by atoms with Crippen LogP contribution in [0.5, 0.6) is 0 Å². The van der Waals surface area contributed by atoms with Gasteiger partial charge in [0.25, 0.3) is 5.91 Å². The Morgan fingerprint density at radius 3 is 2.86 bits per heavy atom. The van der Waals surface area contributed by atoms with Crippen molar-refractivity contribution < 1.29 is 4.79 Å². The zero-order valence-corrected chi connectivity index (χ0v) is 13.4. The summed E-state index contributed by atoms with van der Waals surface area (Å²) in [4.78, 5) is 26.5. The Labute approximate surface area is 132 Å². The van der Waals surface area contributed by atoms with Crippen LogP contribution in [0.2, 0.25) is 0 Å². The monoisotopic (exact) mass is 318 g/mol. The number of hydrogen-bond acceptors (Lipinski definition) is 6. The summed E-state index contributed by atoms with van der Waals surface area (Å²) in [5.74, 6) is -0.246. The van der Waals surface area contributed by atoms with Gasteiger partial charge < -0.3 is 5.32 Å². The number of amides is 1. The molecule has 22 heavy (non-hydrogen) atoms. The van der Waals surface area contributed by atoms with E-state index < -0.39 is 0 Å². The van der Waals surface area contributed by atoms with Crippen LogP contribution in [-0.4, -0.2) is 17.4 Å². The number of nitrogens with zero attached hydrogens (tertiary/aromatic N) is 2. The van der Waals surface area contributed by atoms with Crippen LogP contribution in [0.15, 0.2) is 29.6 Å². The van der Waals surface area contributed by atoms with Crippen LogP contribution < -0.4 is 10.6 Å². The van der Waals surface area contributed by atoms with Crippen LogP contribution in [0.4, 0.5) is 15.8 Å². The average Bonchev–Trinajstić information content (AvgIpc) is 2.95. The summed E-state index contributed by atoms with van der Waals surface area (Å²) in [5, 5.41) is 9.38. The largest absolute Gasteiger partial charge is 0.385 e. The lowest BCUT2D eigenvalue weighted by molar-refractivity contribution is 0.102. The molecule has 6 nitrogen and oxygen atoms in total. The molecule has 0 saturated heterocycles. The molecule has 7 heteroatoms. The molecule has 0 aliphatic rings. The third kappa shape index (κ3) is 4.11. The van der Waals surface area contributed by atoms with Gasteiger partial charge in [0.05, 0.1) is 6.20 Å². The number of nitroso groups, excluding NO2 is 1. The minimum Gasteiger partial charge on any atom is -0.385 e. The number of carbonyl (C=O) groups is 1. The van der Waals surface area contributed by atoms with Gasteiger partial charge in [0.1, 0.15) is 0 Å². The molecule has 116 valence electrons. The molecule has 2 rings (SSSR count). The Morgan fingerprint density at radius 2 is 2.23 bits per heavy atom. The van der Waals surface area contributed by atoms with E-state index in [1.807, 2.05) is 19.1 Å². The van der Waals surface area contributed by atoms with Gasteiger partial charge in [0, 0.05) is 17.8 Å². The molecular weight excluding hydrogens is 300 g/mol. The second kappa shape index (κ2) is 7.65. The van der Waals surface area contributed by atoms with Gasteiger partial charge in [-0.15, -0.1) is 4.91 Å². The van der Waals surface area contributed by atoms with Crippen molar-refractivity contribution in [1.82, 2.24) is 4.98 Å². The summed E-state index contributed by atoms with van der Waals surface area (Å²) >= 11 is 1.04. The first-order chi connectivity index (χ1) is 10.6. The van der Waals surface area contributed by atoms with Crippen molar-refractivity contribution in [2.24, 2.45) is 5.18 Å². The molecule has 1 aromatic carbocycles. The summed E-state index contributed by atoms with van der Waals surface area (Å²) < 4.78 is 0. The Kier molecular flexibility index (Phi) is 5.60. The predicted molar refractivity (Wildman–Crippen MR) is 90.1 cm³/mol. The molecule has 0 radical (unpaired) electrons. The van der Waals surface area contributed by atoms with Crippen LogP contribution in [0.25, 0.3) is 0 Å². The minimum atomic E-state index is -0.246. The highest BCUT2D eigenvalue weighted by Gasteiger charge is 2.12. The summed E-state index contributed by atoms with van der Waals surface area (Å²) in [7, 11) is 0. The van der Waals surface area contributed by atoms with E-state index in [9.17, 15) is 9.70 Å². The van der Waals surface area contributed by atoms with Gasteiger partial charge in [-0.3, -0.25) is 10.1 Å². The maximum Gasteiger partial charge on any atom is 0.257 e. The number of benzene rings is 1. The van der Waals surface area contributed by atoms with E-state index in [0.717, 1.165) is 42.0 Å². The van der Waals surface area contributed by atoms with Crippen LogP contribution in [0.3, 0.4) is 0 Å². The molecule has 0 saturated carbocycles. The average molecular weight is 318 g/mol. The molecule has 0 spiro atoms. The first-order valence-electron chi connectivity index (χ1n) is 7.09. The second-order valence-corrected chi connectivity index (χ2v) is 5.87. The number of thiazole rings is 1. The normalized spacial score (nSPS) is 10.3. The van der Waals surface area contributed by atoms with E-state index in [1.54, 1.807) is 6.07 Å². The fourth-order valence-electron chi connectivity index (χ4n) is 1.97. The number of nitrogens with one attached hydrogen (secondary N) is 2. The molecule has 0 atom stereocenters. The Bertz CT molecular complexity index is 669. The van der Waals surface area contributed by atoms with Crippen molar-refractivity contribution in [2.75, 3.05) is 17.2 Å². The molecule has 1 heterocycles. The molecule has 0 aliphatic carbocycles. The quantitative estimate of drug-likeness (QED) is 0.588. The number of aryl methyl sites for hydroxylation is 1. The predicted octanol–water partition coefficient (Wildman–Crippen LogP) is 4.31. The number of unbranched alkanes of at least 4 members (excludes halogenated alkanes) is 1. The zero-order valence-electron chi connectivity index (χ0n) is 12.5. The number of aromatic nitrogens is 1. The van der Waals surface area contributed by atoms with E-state index in [4.69, 9.17) is 0 Å². The zero-order chi connectivity index (χ0) is 15.9.